The number of nitrogens with two attached hydrogens (primary N) is 1. The van der Waals surface area contributed by atoms with E-state index < -0.39 is 5.54 Å². The van der Waals surface area contributed by atoms with Crippen LogP contribution in [-0.4, -0.2) is 18.0 Å². The Labute approximate surface area is 99.2 Å². The summed E-state index contributed by atoms with van der Waals surface area (Å²) in [4.78, 5) is 11.6. The van der Waals surface area contributed by atoms with Gasteiger partial charge in [0.15, 0.2) is 0 Å². The average Bonchev–Trinajstić information content (AvgIpc) is 2.14. The molecule has 94 valence electrons. The molecule has 0 radical (unpaired) electrons. The Kier molecular flexibility index (Phi) is 5.26. The second-order valence-electron chi connectivity index (χ2n) is 5.64. The Hall–Kier alpha value is -0.570. The van der Waals surface area contributed by atoms with Gasteiger partial charge in [-0.15, -0.1) is 0 Å². The Bertz CT molecular complexity index is 212. The summed E-state index contributed by atoms with van der Waals surface area (Å²) in [6.45, 7) is 4.31. The van der Waals surface area contributed by atoms with Gasteiger partial charge in [0.25, 0.3) is 0 Å². The molecular weight excluding hydrogens is 200 g/mol. The van der Waals surface area contributed by atoms with Gasteiger partial charge in [0.05, 0.1) is 5.54 Å². The van der Waals surface area contributed by atoms with Crippen LogP contribution in [0.4, 0.5) is 0 Å². The topological polar surface area (TPSA) is 55.1 Å². The predicted molar refractivity (Wildman–Crippen MR) is 67.1 cm³/mol. The van der Waals surface area contributed by atoms with E-state index in [1.807, 2.05) is 0 Å². The summed E-state index contributed by atoms with van der Waals surface area (Å²) in [7, 11) is 0. The van der Waals surface area contributed by atoms with Crippen LogP contribution in [0.25, 0.3) is 0 Å². The molecule has 0 aromatic carbocycles. The van der Waals surface area contributed by atoms with Crippen molar-refractivity contribution in [2.24, 2.45) is 11.7 Å². The quantitative estimate of drug-likeness (QED) is 0.775. The number of rotatable bonds is 3. The summed E-state index contributed by atoms with van der Waals surface area (Å²) in [5.41, 5.74) is 4.99. The van der Waals surface area contributed by atoms with Crippen LogP contribution in [-0.2, 0) is 4.79 Å². The van der Waals surface area contributed by atoms with Crippen molar-refractivity contribution in [3.63, 3.8) is 0 Å². The van der Waals surface area contributed by atoms with E-state index in [-0.39, 0.29) is 5.91 Å². The summed E-state index contributed by atoms with van der Waals surface area (Å²) in [5, 5.41) is 2.98. The first-order valence-electron chi connectivity index (χ1n) is 6.57. The lowest BCUT2D eigenvalue weighted by Crippen LogP contribution is -2.50. The van der Waals surface area contributed by atoms with Crippen LogP contribution in [0.5, 0.6) is 0 Å². The third kappa shape index (κ3) is 4.97. The smallest absolute Gasteiger partial charge is 0.239 e. The fourth-order valence-electron chi connectivity index (χ4n) is 2.21. The van der Waals surface area contributed by atoms with Crippen LogP contribution in [0.3, 0.4) is 0 Å². The molecular formula is C13H26N2O. The highest BCUT2D eigenvalue weighted by Gasteiger charge is 2.22. The summed E-state index contributed by atoms with van der Waals surface area (Å²) in [6, 6.07) is 0. The van der Waals surface area contributed by atoms with Crippen LogP contribution < -0.4 is 11.1 Å². The van der Waals surface area contributed by atoms with E-state index in [1.165, 1.54) is 44.9 Å². The minimum Gasteiger partial charge on any atom is -0.354 e. The standard InChI is InChI=1S/C13H26N2O/c1-13(2,14)12(16)15-10-11-8-6-4-3-5-7-9-11/h11H,3-10,14H2,1-2H3,(H,15,16). The zero-order chi connectivity index (χ0) is 12.0. The number of hydrogen-bond acceptors (Lipinski definition) is 2. The SMILES string of the molecule is CC(C)(N)C(=O)NCC1CCCCCCC1. The molecule has 3 heteroatoms. The molecule has 3 N–H and O–H groups in total. The number of hydrogen-bond donors (Lipinski definition) is 2. The molecule has 1 saturated carbocycles. The molecule has 0 spiro atoms. The normalized spacial score (nSPS) is 19.9. The van der Waals surface area contributed by atoms with Crippen LogP contribution in [0.15, 0.2) is 0 Å². The highest BCUT2D eigenvalue weighted by atomic mass is 16.2. The highest BCUT2D eigenvalue weighted by Crippen LogP contribution is 2.21. The van der Waals surface area contributed by atoms with E-state index in [4.69, 9.17) is 5.73 Å². The van der Waals surface area contributed by atoms with Crippen LogP contribution in [0, 0.1) is 5.92 Å². The average molecular weight is 226 g/mol. The Morgan fingerprint density at radius 1 is 1.19 bits per heavy atom. The van der Waals surface area contributed by atoms with E-state index in [9.17, 15) is 4.79 Å². The second-order valence-corrected chi connectivity index (χ2v) is 5.64. The summed E-state index contributed by atoms with van der Waals surface area (Å²) < 4.78 is 0. The van der Waals surface area contributed by atoms with Crippen molar-refractivity contribution in [3.8, 4) is 0 Å². The molecule has 0 heterocycles. The van der Waals surface area contributed by atoms with Crippen molar-refractivity contribution < 1.29 is 4.79 Å². The fourth-order valence-corrected chi connectivity index (χ4v) is 2.21. The Morgan fingerprint density at radius 2 is 1.69 bits per heavy atom. The Balaban J connectivity index is 2.27. The van der Waals surface area contributed by atoms with Crippen molar-refractivity contribution in [2.45, 2.75) is 64.3 Å². The predicted octanol–water partition coefficient (Wildman–Crippen LogP) is 2.20. The number of carbonyl (C=O) groups excluding carboxylic acids is 1. The summed E-state index contributed by atoms with van der Waals surface area (Å²) in [5.74, 6) is 0.626. The molecule has 16 heavy (non-hydrogen) atoms. The third-order valence-corrected chi connectivity index (χ3v) is 3.36. The minimum absolute atomic E-state index is 0.0328. The highest BCUT2D eigenvalue weighted by molar-refractivity contribution is 5.84. The monoisotopic (exact) mass is 226 g/mol. The molecule has 1 aliphatic rings. The molecule has 0 aromatic rings. The first kappa shape index (κ1) is 13.5. The molecule has 1 rings (SSSR count). The van der Waals surface area contributed by atoms with Crippen LogP contribution >= 0.6 is 0 Å². The molecule has 0 unspecified atom stereocenters. The van der Waals surface area contributed by atoms with Crippen molar-refractivity contribution >= 4 is 5.91 Å². The molecule has 1 amide bonds. The molecule has 1 aliphatic carbocycles. The van der Waals surface area contributed by atoms with Crippen molar-refractivity contribution in [1.29, 1.82) is 0 Å². The van der Waals surface area contributed by atoms with Gasteiger partial charge in [-0.05, 0) is 32.6 Å². The van der Waals surface area contributed by atoms with Crippen LogP contribution in [0.2, 0.25) is 0 Å². The lowest BCUT2D eigenvalue weighted by Gasteiger charge is -2.23. The van der Waals surface area contributed by atoms with Gasteiger partial charge < -0.3 is 11.1 Å². The maximum Gasteiger partial charge on any atom is 0.239 e. The van der Waals surface area contributed by atoms with E-state index >= 15 is 0 Å². The van der Waals surface area contributed by atoms with Crippen molar-refractivity contribution in [3.05, 3.63) is 0 Å². The Morgan fingerprint density at radius 3 is 2.19 bits per heavy atom. The van der Waals surface area contributed by atoms with E-state index in [2.05, 4.69) is 5.32 Å². The summed E-state index contributed by atoms with van der Waals surface area (Å²) in [6.07, 6.45) is 9.23. The van der Waals surface area contributed by atoms with Crippen LogP contribution in [0.1, 0.15) is 58.8 Å². The van der Waals surface area contributed by atoms with Gasteiger partial charge in [0.2, 0.25) is 5.91 Å². The zero-order valence-corrected chi connectivity index (χ0v) is 10.7. The van der Waals surface area contributed by atoms with Gasteiger partial charge in [-0.2, -0.15) is 0 Å². The van der Waals surface area contributed by atoms with E-state index in [1.54, 1.807) is 13.8 Å². The van der Waals surface area contributed by atoms with Gasteiger partial charge in [-0.3, -0.25) is 4.79 Å². The molecule has 0 atom stereocenters. The molecule has 1 fully saturated rings. The van der Waals surface area contributed by atoms with E-state index in [0.717, 1.165) is 6.54 Å². The third-order valence-electron chi connectivity index (χ3n) is 3.36. The number of nitrogens with one attached hydrogen (secondary N) is 1. The molecule has 0 bridgehead atoms. The van der Waals surface area contributed by atoms with Gasteiger partial charge in [0.1, 0.15) is 0 Å². The van der Waals surface area contributed by atoms with Gasteiger partial charge in [0, 0.05) is 6.54 Å². The maximum atomic E-state index is 11.6. The first-order chi connectivity index (χ1) is 7.50. The largest absolute Gasteiger partial charge is 0.354 e. The second kappa shape index (κ2) is 6.24. The number of amides is 1. The van der Waals surface area contributed by atoms with Gasteiger partial charge in [-0.1, -0.05) is 32.1 Å². The molecule has 0 aromatic heterocycles. The molecule has 0 aliphatic heterocycles. The maximum absolute atomic E-state index is 11.6. The van der Waals surface area contributed by atoms with Gasteiger partial charge in [-0.25, -0.2) is 0 Å². The summed E-state index contributed by atoms with van der Waals surface area (Å²) >= 11 is 0. The van der Waals surface area contributed by atoms with E-state index in [0.29, 0.717) is 5.92 Å². The van der Waals surface area contributed by atoms with Crippen molar-refractivity contribution in [1.82, 2.24) is 5.32 Å². The fraction of sp³-hybridized carbons (Fsp3) is 0.923. The van der Waals surface area contributed by atoms with Gasteiger partial charge >= 0.3 is 0 Å². The molecule has 0 saturated heterocycles. The lowest BCUT2D eigenvalue weighted by molar-refractivity contribution is -0.125. The minimum atomic E-state index is -0.748. The molecule has 3 nitrogen and oxygen atoms in total. The zero-order valence-electron chi connectivity index (χ0n) is 10.7. The first-order valence-corrected chi connectivity index (χ1v) is 6.57. The van der Waals surface area contributed by atoms with Crippen molar-refractivity contribution in [2.75, 3.05) is 6.54 Å². The number of carbonyl (C=O) groups is 1. The lowest BCUT2D eigenvalue weighted by atomic mass is 9.91.